The maximum Gasteiger partial charge on any atom is 0.307 e. The fraction of sp³-hybridized carbons (Fsp3) is 0.833. The van der Waals surface area contributed by atoms with E-state index in [1.165, 1.54) is 0 Å². The van der Waals surface area contributed by atoms with Crippen LogP contribution in [0.3, 0.4) is 0 Å². The van der Waals surface area contributed by atoms with E-state index in [2.05, 4.69) is 5.32 Å². The molecule has 1 aliphatic rings. The summed E-state index contributed by atoms with van der Waals surface area (Å²) < 4.78 is 4.97. The highest BCUT2D eigenvalue weighted by Gasteiger charge is 2.22. The van der Waals surface area contributed by atoms with E-state index in [-0.39, 0.29) is 30.3 Å². The lowest BCUT2D eigenvalue weighted by molar-refractivity contribution is -0.147. The SMILES string of the molecule is CC(C)OC(=O)CCNC(=O)C1CCCC1. The van der Waals surface area contributed by atoms with Crippen molar-refractivity contribution in [2.75, 3.05) is 6.54 Å². The van der Waals surface area contributed by atoms with Crippen LogP contribution in [-0.4, -0.2) is 24.5 Å². The molecule has 92 valence electrons. The molecule has 0 radical (unpaired) electrons. The summed E-state index contributed by atoms with van der Waals surface area (Å²) in [6.07, 6.45) is 4.44. The van der Waals surface area contributed by atoms with Crippen molar-refractivity contribution in [3.05, 3.63) is 0 Å². The molecular formula is C12H21NO3. The first-order valence-corrected chi connectivity index (χ1v) is 6.07. The van der Waals surface area contributed by atoms with Crippen LogP contribution in [0.5, 0.6) is 0 Å². The number of amides is 1. The molecule has 1 rings (SSSR count). The van der Waals surface area contributed by atoms with Crippen LogP contribution in [0.1, 0.15) is 46.0 Å². The first-order chi connectivity index (χ1) is 7.59. The summed E-state index contributed by atoms with van der Waals surface area (Å²) in [5.74, 6) is 0.0117. The molecule has 1 aliphatic carbocycles. The summed E-state index contributed by atoms with van der Waals surface area (Å²) in [6.45, 7) is 4.02. The molecule has 0 spiro atoms. The molecule has 0 aromatic heterocycles. The number of carbonyl (C=O) groups is 2. The normalized spacial score (nSPS) is 16.4. The standard InChI is InChI=1S/C12H21NO3/c1-9(2)16-11(14)7-8-13-12(15)10-5-3-4-6-10/h9-10H,3-8H2,1-2H3,(H,13,15). The molecule has 0 aromatic carbocycles. The Morgan fingerprint density at radius 2 is 1.94 bits per heavy atom. The highest BCUT2D eigenvalue weighted by molar-refractivity contribution is 5.79. The average molecular weight is 227 g/mol. The van der Waals surface area contributed by atoms with Crippen molar-refractivity contribution in [1.82, 2.24) is 5.32 Å². The topological polar surface area (TPSA) is 55.4 Å². The molecule has 4 heteroatoms. The summed E-state index contributed by atoms with van der Waals surface area (Å²) in [4.78, 5) is 22.8. The zero-order valence-electron chi connectivity index (χ0n) is 10.1. The molecule has 4 nitrogen and oxygen atoms in total. The summed E-state index contributed by atoms with van der Waals surface area (Å²) >= 11 is 0. The Morgan fingerprint density at radius 3 is 2.50 bits per heavy atom. The minimum absolute atomic E-state index is 0.0852. The van der Waals surface area contributed by atoms with E-state index < -0.39 is 0 Å². The fourth-order valence-corrected chi connectivity index (χ4v) is 1.94. The minimum atomic E-state index is -0.248. The predicted molar refractivity (Wildman–Crippen MR) is 60.8 cm³/mol. The van der Waals surface area contributed by atoms with Gasteiger partial charge >= 0.3 is 5.97 Å². The van der Waals surface area contributed by atoms with Crippen molar-refractivity contribution in [3.63, 3.8) is 0 Å². The Morgan fingerprint density at radius 1 is 1.31 bits per heavy atom. The summed E-state index contributed by atoms with van der Waals surface area (Å²) in [7, 11) is 0. The average Bonchev–Trinajstić information content (AvgIpc) is 2.68. The van der Waals surface area contributed by atoms with E-state index in [0.717, 1.165) is 25.7 Å². The van der Waals surface area contributed by atoms with Crippen LogP contribution in [0.15, 0.2) is 0 Å². The molecule has 1 saturated carbocycles. The second-order valence-electron chi connectivity index (χ2n) is 4.56. The predicted octanol–water partition coefficient (Wildman–Crippen LogP) is 1.63. The third kappa shape index (κ3) is 4.64. The molecule has 0 atom stereocenters. The summed E-state index contributed by atoms with van der Waals surface area (Å²) in [5, 5.41) is 2.79. The van der Waals surface area contributed by atoms with Crippen LogP contribution in [0, 0.1) is 5.92 Å². The zero-order valence-corrected chi connectivity index (χ0v) is 10.1. The molecule has 0 saturated heterocycles. The highest BCUT2D eigenvalue weighted by atomic mass is 16.5. The van der Waals surface area contributed by atoms with Crippen molar-refractivity contribution in [2.24, 2.45) is 5.92 Å². The van der Waals surface area contributed by atoms with Crippen molar-refractivity contribution in [1.29, 1.82) is 0 Å². The molecule has 1 fully saturated rings. The van der Waals surface area contributed by atoms with Crippen molar-refractivity contribution in [3.8, 4) is 0 Å². The fourth-order valence-electron chi connectivity index (χ4n) is 1.94. The van der Waals surface area contributed by atoms with Gasteiger partial charge in [0.15, 0.2) is 0 Å². The molecule has 0 heterocycles. The van der Waals surface area contributed by atoms with Gasteiger partial charge in [0.05, 0.1) is 12.5 Å². The van der Waals surface area contributed by atoms with Crippen LogP contribution in [0.25, 0.3) is 0 Å². The Balaban J connectivity index is 2.10. The lowest BCUT2D eigenvalue weighted by atomic mass is 10.1. The van der Waals surface area contributed by atoms with E-state index in [1.807, 2.05) is 13.8 Å². The lowest BCUT2D eigenvalue weighted by Crippen LogP contribution is -2.31. The van der Waals surface area contributed by atoms with Gasteiger partial charge in [0.1, 0.15) is 0 Å². The van der Waals surface area contributed by atoms with Gasteiger partial charge in [-0.25, -0.2) is 0 Å². The van der Waals surface area contributed by atoms with Crippen molar-refractivity contribution >= 4 is 11.9 Å². The highest BCUT2D eigenvalue weighted by Crippen LogP contribution is 2.24. The van der Waals surface area contributed by atoms with Gasteiger partial charge < -0.3 is 10.1 Å². The third-order valence-corrected chi connectivity index (χ3v) is 2.72. The minimum Gasteiger partial charge on any atom is -0.463 e. The number of rotatable bonds is 5. The lowest BCUT2D eigenvalue weighted by Gasteiger charge is -2.11. The molecule has 0 bridgehead atoms. The Labute approximate surface area is 96.7 Å². The Kier molecular flexibility index (Phi) is 5.29. The van der Waals surface area contributed by atoms with Gasteiger partial charge in [-0.3, -0.25) is 9.59 Å². The van der Waals surface area contributed by atoms with Gasteiger partial charge in [-0.2, -0.15) is 0 Å². The molecule has 16 heavy (non-hydrogen) atoms. The second-order valence-corrected chi connectivity index (χ2v) is 4.56. The van der Waals surface area contributed by atoms with Crippen LogP contribution in [-0.2, 0) is 14.3 Å². The maximum atomic E-state index is 11.6. The van der Waals surface area contributed by atoms with Gasteiger partial charge in [0.2, 0.25) is 5.91 Å². The number of nitrogens with one attached hydrogen (secondary N) is 1. The largest absolute Gasteiger partial charge is 0.463 e. The Bertz CT molecular complexity index is 245. The van der Waals surface area contributed by atoms with Crippen molar-refractivity contribution in [2.45, 2.75) is 52.1 Å². The number of esters is 1. The van der Waals surface area contributed by atoms with E-state index in [1.54, 1.807) is 0 Å². The van der Waals surface area contributed by atoms with Crippen LogP contribution in [0.2, 0.25) is 0 Å². The first-order valence-electron chi connectivity index (χ1n) is 6.07. The zero-order chi connectivity index (χ0) is 12.0. The molecule has 0 aliphatic heterocycles. The van der Waals surface area contributed by atoms with E-state index in [0.29, 0.717) is 6.54 Å². The number of ether oxygens (including phenoxy) is 1. The van der Waals surface area contributed by atoms with Gasteiger partial charge in [-0.15, -0.1) is 0 Å². The maximum absolute atomic E-state index is 11.6. The monoisotopic (exact) mass is 227 g/mol. The smallest absolute Gasteiger partial charge is 0.307 e. The third-order valence-electron chi connectivity index (χ3n) is 2.72. The molecule has 0 unspecified atom stereocenters. The second kappa shape index (κ2) is 6.51. The quantitative estimate of drug-likeness (QED) is 0.726. The molecule has 1 N–H and O–H groups in total. The Hall–Kier alpha value is -1.06. The van der Waals surface area contributed by atoms with E-state index >= 15 is 0 Å². The number of hydrogen-bond donors (Lipinski definition) is 1. The number of carbonyl (C=O) groups excluding carboxylic acids is 2. The number of hydrogen-bond acceptors (Lipinski definition) is 3. The summed E-state index contributed by atoms with van der Waals surface area (Å²) in [6, 6.07) is 0. The van der Waals surface area contributed by atoms with Crippen LogP contribution in [0.4, 0.5) is 0 Å². The van der Waals surface area contributed by atoms with E-state index in [4.69, 9.17) is 4.74 Å². The van der Waals surface area contributed by atoms with Gasteiger partial charge in [-0.05, 0) is 26.7 Å². The molecular weight excluding hydrogens is 206 g/mol. The van der Waals surface area contributed by atoms with Gasteiger partial charge in [0, 0.05) is 12.5 Å². The van der Waals surface area contributed by atoms with Crippen LogP contribution < -0.4 is 5.32 Å². The van der Waals surface area contributed by atoms with Crippen molar-refractivity contribution < 1.29 is 14.3 Å². The van der Waals surface area contributed by atoms with Crippen LogP contribution >= 0.6 is 0 Å². The molecule has 1 amide bonds. The van der Waals surface area contributed by atoms with Gasteiger partial charge in [-0.1, -0.05) is 12.8 Å². The first kappa shape index (κ1) is 13.0. The van der Waals surface area contributed by atoms with Gasteiger partial charge in [0.25, 0.3) is 0 Å². The van der Waals surface area contributed by atoms with E-state index in [9.17, 15) is 9.59 Å². The molecule has 0 aromatic rings. The summed E-state index contributed by atoms with van der Waals surface area (Å²) in [5.41, 5.74) is 0.